The van der Waals surface area contributed by atoms with E-state index in [0.717, 1.165) is 0 Å². The predicted molar refractivity (Wildman–Crippen MR) is 23.0 cm³/mol. The summed E-state index contributed by atoms with van der Waals surface area (Å²) in [6.07, 6.45) is 0. The van der Waals surface area contributed by atoms with Gasteiger partial charge < -0.3 is 5.11 Å². The van der Waals surface area contributed by atoms with Crippen molar-refractivity contribution in [2.75, 3.05) is 6.54 Å². The highest BCUT2D eigenvalue weighted by atomic mass is 16.4. The van der Waals surface area contributed by atoms with Crippen molar-refractivity contribution in [2.24, 2.45) is 5.84 Å². The Kier molecular flexibility index (Phi) is 3.21. The van der Waals surface area contributed by atoms with Crippen LogP contribution >= 0.6 is 0 Å². The molecule has 42 valence electrons. The van der Waals surface area contributed by atoms with Crippen molar-refractivity contribution in [3.05, 3.63) is 0 Å². The molecule has 0 aliphatic rings. The number of hydrogen-bond acceptors (Lipinski definition) is 4. The van der Waals surface area contributed by atoms with Gasteiger partial charge in [0, 0.05) is 0 Å². The van der Waals surface area contributed by atoms with Crippen LogP contribution in [0.25, 0.3) is 0 Å². The van der Waals surface area contributed by atoms with Crippen molar-refractivity contribution in [1.82, 2.24) is 11.0 Å². The Bertz CT molecular complexity index is 64.0. The Morgan fingerprint density at radius 1 is 1.86 bits per heavy atom. The minimum Gasteiger partial charge on any atom is -0.480 e. The van der Waals surface area contributed by atoms with E-state index in [9.17, 15) is 4.79 Å². The number of carboxylic acids is 1. The summed E-state index contributed by atoms with van der Waals surface area (Å²) in [7, 11) is 0. The highest BCUT2D eigenvalue weighted by molar-refractivity contribution is 5.68. The molecule has 7 heavy (non-hydrogen) atoms. The lowest BCUT2D eigenvalue weighted by Gasteiger charge is -1.93. The van der Waals surface area contributed by atoms with Gasteiger partial charge in [-0.25, -0.2) is 5.43 Å². The molecule has 0 radical (unpaired) electrons. The molecule has 0 aromatic heterocycles. The zero-order valence-electron chi connectivity index (χ0n) is 3.64. The molecule has 5 nitrogen and oxygen atoms in total. The van der Waals surface area contributed by atoms with Crippen molar-refractivity contribution in [3.8, 4) is 0 Å². The van der Waals surface area contributed by atoms with Gasteiger partial charge in [0.25, 0.3) is 0 Å². The summed E-state index contributed by atoms with van der Waals surface area (Å²) in [6.45, 7) is -0.170. The molecule has 5 heteroatoms. The zero-order chi connectivity index (χ0) is 5.70. The molecule has 0 bridgehead atoms. The van der Waals surface area contributed by atoms with E-state index in [2.05, 4.69) is 11.3 Å². The number of nitrogens with two attached hydrogens (primary N) is 1. The molecule has 0 aliphatic heterocycles. The van der Waals surface area contributed by atoms with Crippen LogP contribution in [0, 0.1) is 0 Å². The van der Waals surface area contributed by atoms with Gasteiger partial charge in [0.1, 0.15) is 6.54 Å². The summed E-state index contributed by atoms with van der Waals surface area (Å²) < 4.78 is 0. The molecule has 0 saturated carbocycles. The van der Waals surface area contributed by atoms with Crippen LogP contribution in [0.4, 0.5) is 0 Å². The molecule has 0 heterocycles. The van der Waals surface area contributed by atoms with Crippen molar-refractivity contribution in [1.29, 1.82) is 0 Å². The topological polar surface area (TPSA) is 87.4 Å². The quantitative estimate of drug-likeness (QED) is 0.247. The first kappa shape index (κ1) is 6.35. The second-order valence-corrected chi connectivity index (χ2v) is 0.892. The minimum absolute atomic E-state index is 0.170. The van der Waals surface area contributed by atoms with E-state index in [0.29, 0.717) is 0 Å². The fourth-order valence-electron chi connectivity index (χ4n) is 0.127. The molecule has 0 aliphatic carbocycles. The molecule has 0 amide bonds. The Hall–Kier alpha value is -0.650. The number of carboxylic acid groups (broad SMARTS) is 1. The fraction of sp³-hybridized carbons (Fsp3) is 0.500. The lowest BCUT2D eigenvalue weighted by molar-refractivity contribution is -0.136. The molecule has 0 spiro atoms. The average molecular weight is 105 g/mol. The van der Waals surface area contributed by atoms with Crippen LogP contribution in [0.15, 0.2) is 0 Å². The monoisotopic (exact) mass is 105 g/mol. The summed E-state index contributed by atoms with van der Waals surface area (Å²) in [5, 5.41) is 7.89. The first-order valence-electron chi connectivity index (χ1n) is 1.67. The molecule has 0 aromatic rings. The lowest BCUT2D eigenvalue weighted by Crippen LogP contribution is -2.40. The summed E-state index contributed by atoms with van der Waals surface area (Å²) in [6, 6.07) is 0. The maximum absolute atomic E-state index is 9.60. The van der Waals surface area contributed by atoms with Gasteiger partial charge in [-0.05, 0) is 0 Å². The fourth-order valence-corrected chi connectivity index (χ4v) is 0.127. The Morgan fingerprint density at radius 2 is 2.43 bits per heavy atom. The van der Waals surface area contributed by atoms with Gasteiger partial charge in [-0.15, -0.1) is 0 Å². The number of carbonyl (C=O) groups is 1. The predicted octanol–water partition coefficient (Wildman–Crippen LogP) is -1.96. The largest absolute Gasteiger partial charge is 0.480 e. The van der Waals surface area contributed by atoms with Crippen molar-refractivity contribution >= 4 is 5.97 Å². The maximum Gasteiger partial charge on any atom is 0.318 e. The molecule has 0 fully saturated rings. The normalized spacial score (nSPS) is 8.71. The Labute approximate surface area is 40.4 Å². The number of hydrogen-bond donors (Lipinski definition) is 4. The molecule has 5 N–H and O–H groups in total. The third-order valence-corrected chi connectivity index (χ3v) is 0.342. The standard InChI is InChI=1S/C2H7N3O2/c3-5-4-1-2(6)7/h4-5H,1,3H2,(H,6,7). The SMILES string of the molecule is NNNCC(=O)O. The van der Waals surface area contributed by atoms with Gasteiger partial charge >= 0.3 is 5.97 Å². The number of rotatable bonds is 3. The van der Waals surface area contributed by atoms with Crippen molar-refractivity contribution in [3.63, 3.8) is 0 Å². The van der Waals surface area contributed by atoms with E-state index in [1.54, 1.807) is 0 Å². The third kappa shape index (κ3) is 5.35. The van der Waals surface area contributed by atoms with E-state index >= 15 is 0 Å². The number of nitrogens with one attached hydrogen (secondary N) is 2. The molecular weight excluding hydrogens is 98.0 g/mol. The summed E-state index contributed by atoms with van der Waals surface area (Å²) >= 11 is 0. The molecule has 0 aromatic carbocycles. The lowest BCUT2D eigenvalue weighted by atomic mass is 10.7. The van der Waals surface area contributed by atoms with Crippen molar-refractivity contribution in [2.45, 2.75) is 0 Å². The molecule has 0 saturated heterocycles. The molecule has 0 rings (SSSR count). The number of hydrazine groups is 2. The van der Waals surface area contributed by atoms with E-state index < -0.39 is 5.97 Å². The highest BCUT2D eigenvalue weighted by Gasteiger charge is 1.88. The van der Waals surface area contributed by atoms with E-state index in [1.807, 2.05) is 5.53 Å². The van der Waals surface area contributed by atoms with Gasteiger partial charge in [0.2, 0.25) is 0 Å². The van der Waals surface area contributed by atoms with Crippen LogP contribution < -0.4 is 16.8 Å². The van der Waals surface area contributed by atoms with Crippen LogP contribution in [-0.4, -0.2) is 17.6 Å². The second-order valence-electron chi connectivity index (χ2n) is 0.892. The minimum atomic E-state index is -0.946. The Balaban J connectivity index is 2.82. The summed E-state index contributed by atoms with van der Waals surface area (Å²) in [5.41, 5.74) is 4.14. The van der Waals surface area contributed by atoms with Crippen LogP contribution in [0.5, 0.6) is 0 Å². The third-order valence-electron chi connectivity index (χ3n) is 0.342. The summed E-state index contributed by atoms with van der Waals surface area (Å²) in [5.74, 6) is 3.71. The first-order valence-corrected chi connectivity index (χ1v) is 1.67. The maximum atomic E-state index is 9.60. The molecule has 0 unspecified atom stereocenters. The van der Waals surface area contributed by atoms with Gasteiger partial charge in [0.05, 0.1) is 0 Å². The van der Waals surface area contributed by atoms with Crippen LogP contribution in [0.3, 0.4) is 0 Å². The number of aliphatic carboxylic acids is 1. The molecular formula is C2H7N3O2. The van der Waals surface area contributed by atoms with Crippen LogP contribution in [0.1, 0.15) is 0 Å². The zero-order valence-corrected chi connectivity index (χ0v) is 3.64. The molecule has 0 atom stereocenters. The van der Waals surface area contributed by atoms with Gasteiger partial charge in [-0.3, -0.25) is 10.6 Å². The van der Waals surface area contributed by atoms with E-state index in [4.69, 9.17) is 5.11 Å². The summed E-state index contributed by atoms with van der Waals surface area (Å²) in [4.78, 5) is 9.60. The smallest absolute Gasteiger partial charge is 0.318 e. The average Bonchev–Trinajstić information content (AvgIpc) is 1.61. The first-order chi connectivity index (χ1) is 3.27. The highest BCUT2D eigenvalue weighted by Crippen LogP contribution is 1.50. The Morgan fingerprint density at radius 3 is 2.57 bits per heavy atom. The van der Waals surface area contributed by atoms with Gasteiger partial charge in [-0.2, -0.15) is 5.53 Å². The second kappa shape index (κ2) is 3.54. The van der Waals surface area contributed by atoms with Crippen LogP contribution in [0.2, 0.25) is 0 Å². The van der Waals surface area contributed by atoms with Crippen molar-refractivity contribution < 1.29 is 9.90 Å². The van der Waals surface area contributed by atoms with Crippen LogP contribution in [-0.2, 0) is 4.79 Å². The van der Waals surface area contributed by atoms with Gasteiger partial charge in [0.15, 0.2) is 0 Å². The van der Waals surface area contributed by atoms with Gasteiger partial charge in [-0.1, -0.05) is 0 Å². The van der Waals surface area contributed by atoms with E-state index in [-0.39, 0.29) is 6.54 Å². The van der Waals surface area contributed by atoms with E-state index in [1.165, 1.54) is 0 Å².